The zero-order chi connectivity index (χ0) is 14.5. The van der Waals surface area contributed by atoms with Crippen molar-refractivity contribution >= 4 is 21.8 Å². The van der Waals surface area contributed by atoms with Crippen LogP contribution in [-0.4, -0.2) is 10.9 Å². The van der Waals surface area contributed by atoms with Crippen LogP contribution >= 0.6 is 15.9 Å². The van der Waals surface area contributed by atoms with Crippen molar-refractivity contribution < 1.29 is 4.79 Å². The van der Waals surface area contributed by atoms with E-state index in [0.29, 0.717) is 5.56 Å². The maximum Gasteiger partial charge on any atom is 0.253 e. The lowest BCUT2D eigenvalue weighted by Gasteiger charge is -2.17. The highest BCUT2D eigenvalue weighted by Gasteiger charge is 2.14. The van der Waals surface area contributed by atoms with Crippen LogP contribution in [0.2, 0.25) is 0 Å². The Kier molecular flexibility index (Phi) is 4.90. The molecule has 0 bridgehead atoms. The first kappa shape index (κ1) is 14.7. The highest BCUT2D eigenvalue weighted by molar-refractivity contribution is 9.10. The predicted molar refractivity (Wildman–Crippen MR) is 83.6 cm³/mol. The molecule has 0 saturated heterocycles. The molecule has 2 aromatic rings. The van der Waals surface area contributed by atoms with Gasteiger partial charge in [-0.05, 0) is 47.0 Å². The molecule has 0 aliphatic rings. The monoisotopic (exact) mass is 332 g/mol. The van der Waals surface area contributed by atoms with Crippen LogP contribution in [0, 0.1) is 6.92 Å². The average Bonchev–Trinajstić information content (AvgIpc) is 2.46. The third-order valence-corrected chi connectivity index (χ3v) is 3.65. The van der Waals surface area contributed by atoms with Crippen LogP contribution in [0.5, 0.6) is 0 Å². The van der Waals surface area contributed by atoms with Gasteiger partial charge >= 0.3 is 0 Å². The third-order valence-electron chi connectivity index (χ3n) is 3.18. The minimum atomic E-state index is -0.0996. The van der Waals surface area contributed by atoms with Gasteiger partial charge in [-0.15, -0.1) is 0 Å². The maximum atomic E-state index is 12.2. The van der Waals surface area contributed by atoms with Crippen molar-refractivity contribution in [1.82, 2.24) is 10.3 Å². The first-order valence-corrected chi connectivity index (χ1v) is 7.38. The van der Waals surface area contributed by atoms with Crippen LogP contribution in [-0.2, 0) is 0 Å². The van der Waals surface area contributed by atoms with Gasteiger partial charge < -0.3 is 5.32 Å². The van der Waals surface area contributed by atoms with E-state index in [1.807, 2.05) is 0 Å². The molecule has 3 nitrogen and oxygen atoms in total. The summed E-state index contributed by atoms with van der Waals surface area (Å²) in [6, 6.07) is 11.8. The summed E-state index contributed by atoms with van der Waals surface area (Å²) in [4.78, 5) is 16.3. The van der Waals surface area contributed by atoms with Crippen molar-refractivity contribution in [2.45, 2.75) is 26.3 Å². The molecule has 20 heavy (non-hydrogen) atoms. The van der Waals surface area contributed by atoms with Crippen molar-refractivity contribution in [2.75, 3.05) is 0 Å². The lowest BCUT2D eigenvalue weighted by molar-refractivity contribution is 0.0935. The fourth-order valence-electron chi connectivity index (χ4n) is 1.97. The Bertz CT molecular complexity index is 578. The Hall–Kier alpha value is -1.68. The summed E-state index contributed by atoms with van der Waals surface area (Å²) >= 11 is 3.26. The average molecular weight is 333 g/mol. The quantitative estimate of drug-likeness (QED) is 0.858. The zero-order valence-corrected chi connectivity index (χ0v) is 13.1. The number of amides is 1. The smallest absolute Gasteiger partial charge is 0.253 e. The zero-order valence-electron chi connectivity index (χ0n) is 11.6. The molecule has 1 unspecified atom stereocenters. The number of carbonyl (C=O) groups excluding carboxylic acids is 1. The van der Waals surface area contributed by atoms with Crippen molar-refractivity contribution in [3.05, 3.63) is 63.9 Å². The van der Waals surface area contributed by atoms with Gasteiger partial charge in [0, 0.05) is 6.20 Å². The molecule has 104 valence electrons. The molecule has 1 amide bonds. The molecule has 1 atom stereocenters. The number of nitrogens with one attached hydrogen (secondary N) is 1. The Morgan fingerprint density at radius 2 is 1.95 bits per heavy atom. The molecule has 0 saturated carbocycles. The normalized spacial score (nSPS) is 11.9. The lowest BCUT2D eigenvalue weighted by atomic mass is 10.0. The maximum absolute atomic E-state index is 12.2. The largest absolute Gasteiger partial charge is 0.345 e. The molecule has 4 heteroatoms. The Balaban J connectivity index is 2.11. The van der Waals surface area contributed by atoms with Crippen molar-refractivity contribution in [3.63, 3.8) is 0 Å². The number of benzene rings is 1. The highest BCUT2D eigenvalue weighted by atomic mass is 79.9. The van der Waals surface area contributed by atoms with E-state index in [2.05, 4.69) is 64.3 Å². The molecule has 0 radical (unpaired) electrons. The minimum Gasteiger partial charge on any atom is -0.345 e. The molecule has 1 aromatic heterocycles. The number of pyridine rings is 1. The number of nitrogens with zero attached hydrogens (tertiary/aromatic N) is 1. The van der Waals surface area contributed by atoms with E-state index < -0.39 is 0 Å². The number of halogens is 1. The second kappa shape index (κ2) is 6.66. The van der Waals surface area contributed by atoms with Crippen molar-refractivity contribution in [3.8, 4) is 0 Å². The molecular weight excluding hydrogens is 316 g/mol. The number of hydrogen-bond acceptors (Lipinski definition) is 2. The summed E-state index contributed by atoms with van der Waals surface area (Å²) in [6.45, 7) is 4.11. The molecule has 0 aliphatic carbocycles. The van der Waals surface area contributed by atoms with Gasteiger partial charge in [-0.25, -0.2) is 4.98 Å². The van der Waals surface area contributed by atoms with E-state index in [1.165, 1.54) is 5.56 Å². The van der Waals surface area contributed by atoms with Gasteiger partial charge in [-0.1, -0.05) is 36.8 Å². The van der Waals surface area contributed by atoms with Crippen LogP contribution in [0.3, 0.4) is 0 Å². The molecule has 2 rings (SSSR count). The fraction of sp³-hybridized carbons (Fsp3) is 0.250. The van der Waals surface area contributed by atoms with Gasteiger partial charge in [0.05, 0.1) is 11.6 Å². The van der Waals surface area contributed by atoms with Crippen LogP contribution in [0.25, 0.3) is 0 Å². The number of hydrogen-bond donors (Lipinski definition) is 1. The van der Waals surface area contributed by atoms with Crippen LogP contribution < -0.4 is 5.32 Å². The summed E-state index contributed by atoms with van der Waals surface area (Å²) in [6.07, 6.45) is 2.42. The van der Waals surface area contributed by atoms with Gasteiger partial charge in [0.1, 0.15) is 4.60 Å². The van der Waals surface area contributed by atoms with E-state index in [4.69, 9.17) is 0 Å². The van der Waals surface area contributed by atoms with E-state index in [-0.39, 0.29) is 11.9 Å². The van der Waals surface area contributed by atoms with E-state index in [1.54, 1.807) is 18.3 Å². The SMILES string of the molecule is CCC(NC(=O)c1ccc(Br)nc1)c1ccc(C)cc1. The summed E-state index contributed by atoms with van der Waals surface area (Å²) in [5, 5.41) is 3.04. The number of aryl methyl sites for hydroxylation is 1. The van der Waals surface area contributed by atoms with Crippen LogP contribution in [0.4, 0.5) is 0 Å². The molecule has 0 fully saturated rings. The standard InChI is InChI=1S/C16H17BrN2O/c1-3-14(12-6-4-11(2)5-7-12)19-16(20)13-8-9-15(17)18-10-13/h4-10,14H,3H2,1-2H3,(H,19,20). The van der Waals surface area contributed by atoms with Crippen LogP contribution in [0.1, 0.15) is 40.9 Å². The summed E-state index contributed by atoms with van der Waals surface area (Å²) in [7, 11) is 0. The summed E-state index contributed by atoms with van der Waals surface area (Å²) in [5.74, 6) is -0.0996. The predicted octanol–water partition coefficient (Wildman–Crippen LogP) is 4.03. The molecule has 1 heterocycles. The van der Waals surface area contributed by atoms with Crippen molar-refractivity contribution in [2.24, 2.45) is 0 Å². The van der Waals surface area contributed by atoms with Gasteiger partial charge in [0.15, 0.2) is 0 Å². The molecule has 1 N–H and O–H groups in total. The Morgan fingerprint density at radius 3 is 2.50 bits per heavy atom. The van der Waals surface area contributed by atoms with Gasteiger partial charge in [0.25, 0.3) is 5.91 Å². The minimum absolute atomic E-state index is 0.0201. The first-order valence-electron chi connectivity index (χ1n) is 6.59. The molecule has 1 aromatic carbocycles. The molecular formula is C16H17BrN2O. The third kappa shape index (κ3) is 3.67. The second-order valence-corrected chi connectivity index (χ2v) is 5.53. The molecule has 0 aliphatic heterocycles. The summed E-state index contributed by atoms with van der Waals surface area (Å²) < 4.78 is 0.722. The fourth-order valence-corrected chi connectivity index (χ4v) is 2.21. The van der Waals surface area contributed by atoms with E-state index in [9.17, 15) is 4.79 Å². The van der Waals surface area contributed by atoms with Crippen LogP contribution in [0.15, 0.2) is 47.2 Å². The van der Waals surface area contributed by atoms with Crippen molar-refractivity contribution in [1.29, 1.82) is 0 Å². The van der Waals surface area contributed by atoms with Gasteiger partial charge in [-0.3, -0.25) is 4.79 Å². The Labute approximate surface area is 127 Å². The molecule has 0 spiro atoms. The second-order valence-electron chi connectivity index (χ2n) is 4.71. The number of carbonyl (C=O) groups is 1. The van der Waals surface area contributed by atoms with Gasteiger partial charge in [0.2, 0.25) is 0 Å². The number of rotatable bonds is 4. The topological polar surface area (TPSA) is 42.0 Å². The lowest BCUT2D eigenvalue weighted by Crippen LogP contribution is -2.28. The van der Waals surface area contributed by atoms with E-state index >= 15 is 0 Å². The summed E-state index contributed by atoms with van der Waals surface area (Å²) in [5.41, 5.74) is 2.90. The number of aromatic nitrogens is 1. The van der Waals surface area contributed by atoms with E-state index in [0.717, 1.165) is 16.6 Å². The highest BCUT2D eigenvalue weighted by Crippen LogP contribution is 2.18. The van der Waals surface area contributed by atoms with Gasteiger partial charge in [-0.2, -0.15) is 0 Å². The first-order chi connectivity index (χ1) is 9.60. The Morgan fingerprint density at radius 1 is 1.25 bits per heavy atom.